The molecule has 1 N–H and O–H groups in total. The van der Waals surface area contributed by atoms with Crippen LogP contribution in [0.15, 0.2) is 16.5 Å². The second-order valence-corrected chi connectivity index (χ2v) is 5.87. The molecule has 0 saturated heterocycles. The Labute approximate surface area is 108 Å². The van der Waals surface area contributed by atoms with Gasteiger partial charge >= 0.3 is 0 Å². The molecule has 3 rings (SSSR count). The summed E-state index contributed by atoms with van der Waals surface area (Å²) in [4.78, 5) is 11.6. The lowest BCUT2D eigenvalue weighted by atomic mass is 10.2. The minimum absolute atomic E-state index is 0.152. The molecule has 3 heteroatoms. The van der Waals surface area contributed by atoms with E-state index in [1.54, 1.807) is 0 Å². The smallest absolute Gasteiger partial charge is 0.220 e. The molecular formula is C15H21NO2. The van der Waals surface area contributed by atoms with Crippen molar-refractivity contribution in [2.45, 2.75) is 44.9 Å². The summed E-state index contributed by atoms with van der Waals surface area (Å²) in [5, 5.41) is 2.98. The number of carbonyl (C=O) groups excluding carboxylic acids is 1. The van der Waals surface area contributed by atoms with E-state index in [9.17, 15) is 4.79 Å². The van der Waals surface area contributed by atoms with Crippen molar-refractivity contribution in [3.05, 3.63) is 23.7 Å². The molecule has 1 aromatic rings. The maximum Gasteiger partial charge on any atom is 0.220 e. The molecule has 1 heterocycles. The lowest BCUT2D eigenvalue weighted by molar-refractivity contribution is -0.121. The Hall–Kier alpha value is -1.25. The first-order valence-corrected chi connectivity index (χ1v) is 7.07. The van der Waals surface area contributed by atoms with Crippen molar-refractivity contribution < 1.29 is 9.21 Å². The lowest BCUT2D eigenvalue weighted by Gasteiger charge is -2.02. The van der Waals surface area contributed by atoms with Gasteiger partial charge in [0, 0.05) is 25.3 Å². The first-order chi connectivity index (χ1) is 8.72. The van der Waals surface area contributed by atoms with Gasteiger partial charge in [0.1, 0.15) is 11.5 Å². The molecule has 18 heavy (non-hydrogen) atoms. The third kappa shape index (κ3) is 2.95. The van der Waals surface area contributed by atoms with Gasteiger partial charge in [-0.3, -0.25) is 4.79 Å². The summed E-state index contributed by atoms with van der Waals surface area (Å²) in [5.41, 5.74) is 0. The van der Waals surface area contributed by atoms with Crippen LogP contribution in [0.4, 0.5) is 0 Å². The third-order valence-electron chi connectivity index (χ3n) is 4.04. The van der Waals surface area contributed by atoms with Crippen molar-refractivity contribution >= 4 is 5.91 Å². The number of hydrogen-bond acceptors (Lipinski definition) is 2. The molecule has 1 aromatic heterocycles. The van der Waals surface area contributed by atoms with E-state index in [1.165, 1.54) is 19.3 Å². The second-order valence-electron chi connectivity index (χ2n) is 5.87. The van der Waals surface area contributed by atoms with Crippen LogP contribution < -0.4 is 5.32 Å². The van der Waals surface area contributed by atoms with Crippen molar-refractivity contribution in [2.75, 3.05) is 6.54 Å². The monoisotopic (exact) mass is 247 g/mol. The molecule has 0 unspecified atom stereocenters. The molecule has 98 valence electrons. The van der Waals surface area contributed by atoms with Crippen molar-refractivity contribution in [2.24, 2.45) is 11.8 Å². The molecular weight excluding hydrogens is 226 g/mol. The highest BCUT2D eigenvalue weighted by molar-refractivity contribution is 5.76. The highest BCUT2D eigenvalue weighted by atomic mass is 16.3. The van der Waals surface area contributed by atoms with Crippen molar-refractivity contribution in [3.63, 3.8) is 0 Å². The Morgan fingerprint density at radius 1 is 1.44 bits per heavy atom. The number of hydrogen-bond donors (Lipinski definition) is 1. The van der Waals surface area contributed by atoms with E-state index in [2.05, 4.69) is 18.3 Å². The fourth-order valence-corrected chi connectivity index (χ4v) is 2.35. The number of rotatable bonds is 6. The van der Waals surface area contributed by atoms with E-state index in [0.717, 1.165) is 36.3 Å². The highest BCUT2D eigenvalue weighted by Gasteiger charge is 2.36. The van der Waals surface area contributed by atoms with Gasteiger partial charge in [-0.25, -0.2) is 0 Å². The van der Waals surface area contributed by atoms with Crippen LogP contribution >= 0.6 is 0 Å². The molecule has 2 atom stereocenters. The van der Waals surface area contributed by atoms with Crippen LogP contribution in [0.25, 0.3) is 0 Å². The second kappa shape index (κ2) is 4.79. The quantitative estimate of drug-likeness (QED) is 0.840. The van der Waals surface area contributed by atoms with Gasteiger partial charge in [0.25, 0.3) is 0 Å². The van der Waals surface area contributed by atoms with Crippen LogP contribution in [-0.2, 0) is 11.2 Å². The Kier molecular flexibility index (Phi) is 3.14. The number of aryl methyl sites for hydroxylation is 1. The number of furan rings is 1. The summed E-state index contributed by atoms with van der Waals surface area (Å²) in [6.07, 6.45) is 5.06. The SMILES string of the molecule is C[C@H]1C[C@H]1c1ccc(CCC(=O)NCC2CC2)o1. The number of nitrogens with one attached hydrogen (secondary N) is 1. The average Bonchev–Trinajstić information content (AvgIpc) is 3.26. The van der Waals surface area contributed by atoms with E-state index >= 15 is 0 Å². The van der Waals surface area contributed by atoms with Gasteiger partial charge < -0.3 is 9.73 Å². The molecule has 2 fully saturated rings. The molecule has 2 aliphatic rings. The Morgan fingerprint density at radius 2 is 2.22 bits per heavy atom. The Morgan fingerprint density at radius 3 is 2.89 bits per heavy atom. The molecule has 2 saturated carbocycles. The first-order valence-electron chi connectivity index (χ1n) is 7.07. The van der Waals surface area contributed by atoms with E-state index in [0.29, 0.717) is 12.3 Å². The Bertz CT molecular complexity index is 433. The molecule has 0 bridgehead atoms. The van der Waals surface area contributed by atoms with E-state index in [1.807, 2.05) is 6.07 Å². The zero-order valence-electron chi connectivity index (χ0n) is 10.9. The van der Waals surface area contributed by atoms with E-state index in [-0.39, 0.29) is 5.91 Å². The van der Waals surface area contributed by atoms with Gasteiger partial charge in [-0.05, 0) is 43.2 Å². The number of amides is 1. The van der Waals surface area contributed by atoms with Gasteiger partial charge in [0.05, 0.1) is 0 Å². The number of carbonyl (C=O) groups is 1. The molecule has 3 nitrogen and oxygen atoms in total. The zero-order valence-corrected chi connectivity index (χ0v) is 10.9. The van der Waals surface area contributed by atoms with Crippen molar-refractivity contribution in [1.29, 1.82) is 0 Å². The summed E-state index contributed by atoms with van der Waals surface area (Å²) in [7, 11) is 0. The average molecular weight is 247 g/mol. The summed E-state index contributed by atoms with van der Waals surface area (Å²) in [6.45, 7) is 3.11. The van der Waals surface area contributed by atoms with E-state index in [4.69, 9.17) is 4.42 Å². The van der Waals surface area contributed by atoms with Crippen LogP contribution in [0.3, 0.4) is 0 Å². The first kappa shape index (κ1) is 11.8. The van der Waals surface area contributed by atoms with Gasteiger partial charge in [-0.15, -0.1) is 0 Å². The minimum atomic E-state index is 0.152. The van der Waals surface area contributed by atoms with E-state index < -0.39 is 0 Å². The topological polar surface area (TPSA) is 42.2 Å². The summed E-state index contributed by atoms with van der Waals surface area (Å²) < 4.78 is 5.79. The minimum Gasteiger partial charge on any atom is -0.466 e. The largest absolute Gasteiger partial charge is 0.466 e. The fraction of sp³-hybridized carbons (Fsp3) is 0.667. The molecule has 0 spiro atoms. The van der Waals surface area contributed by atoms with Crippen LogP contribution in [0.1, 0.15) is 50.0 Å². The van der Waals surface area contributed by atoms with Gasteiger partial charge in [0.15, 0.2) is 0 Å². The maximum atomic E-state index is 11.6. The van der Waals surface area contributed by atoms with Crippen LogP contribution in [0.2, 0.25) is 0 Å². The predicted molar refractivity (Wildman–Crippen MR) is 69.3 cm³/mol. The van der Waals surface area contributed by atoms with Gasteiger partial charge in [0.2, 0.25) is 5.91 Å². The zero-order chi connectivity index (χ0) is 12.5. The third-order valence-corrected chi connectivity index (χ3v) is 4.04. The highest BCUT2D eigenvalue weighted by Crippen LogP contribution is 2.47. The van der Waals surface area contributed by atoms with Crippen LogP contribution in [-0.4, -0.2) is 12.5 Å². The molecule has 2 aliphatic carbocycles. The normalized spacial score (nSPS) is 26.1. The lowest BCUT2D eigenvalue weighted by Crippen LogP contribution is -2.25. The summed E-state index contributed by atoms with van der Waals surface area (Å²) in [6, 6.07) is 4.10. The molecule has 0 aromatic carbocycles. The van der Waals surface area contributed by atoms with Gasteiger partial charge in [-0.1, -0.05) is 6.92 Å². The summed E-state index contributed by atoms with van der Waals surface area (Å²) in [5.74, 6) is 4.36. The van der Waals surface area contributed by atoms with Crippen molar-refractivity contribution in [3.8, 4) is 0 Å². The molecule has 0 radical (unpaired) electrons. The molecule has 0 aliphatic heterocycles. The van der Waals surface area contributed by atoms with Gasteiger partial charge in [-0.2, -0.15) is 0 Å². The van der Waals surface area contributed by atoms with Crippen molar-refractivity contribution in [1.82, 2.24) is 5.32 Å². The van der Waals surface area contributed by atoms with Crippen LogP contribution in [0.5, 0.6) is 0 Å². The molecule has 1 amide bonds. The maximum absolute atomic E-state index is 11.6. The standard InChI is InChI=1S/C15H21NO2/c1-10-8-13(10)14-6-4-12(18-14)5-7-15(17)16-9-11-2-3-11/h4,6,10-11,13H,2-3,5,7-9H2,1H3,(H,16,17)/t10-,13+/m0/s1. The Balaban J connectivity index is 1.41. The fourth-order valence-electron chi connectivity index (χ4n) is 2.35. The summed E-state index contributed by atoms with van der Waals surface area (Å²) >= 11 is 0. The van der Waals surface area contributed by atoms with Crippen LogP contribution in [0, 0.1) is 11.8 Å². The predicted octanol–water partition coefficient (Wildman–Crippen LogP) is 2.86.